The standard InChI is InChI=1S/C3H8.4H3O3PS/c1-3-2;4*1-4(2,3)5/h3H2,1-2H3;4*(H3,1,2,3,5). The second-order valence-corrected chi connectivity index (χ2v) is 12.7. The minimum Gasteiger partial charge on any atom is -0.325 e. The third-order valence-corrected chi connectivity index (χ3v) is 0. The Morgan fingerprint density at radius 3 is 0.435 bits per heavy atom. The normalized spacial score (nSPS) is 11.0. The number of hydrogen-bond donors (Lipinski definition) is 12. The van der Waals surface area contributed by atoms with Crippen LogP contribution < -0.4 is 0 Å². The lowest BCUT2D eigenvalue weighted by Gasteiger charge is -1.88. The maximum Gasteiger partial charge on any atom is 0.319 e. The summed E-state index contributed by atoms with van der Waals surface area (Å²) >= 11 is 14.4. The Hall–Kier alpha value is 2.12. The molecule has 0 fully saturated rings. The monoisotopic (exact) mass is 500 g/mol. The molecule has 0 saturated carbocycles. The van der Waals surface area contributed by atoms with Gasteiger partial charge in [0.2, 0.25) is 0 Å². The molecular formula is C3H20O12P4S4. The van der Waals surface area contributed by atoms with Gasteiger partial charge in [0.25, 0.3) is 0 Å². The van der Waals surface area contributed by atoms with E-state index in [4.69, 9.17) is 58.7 Å². The van der Waals surface area contributed by atoms with Gasteiger partial charge in [-0.2, -0.15) is 0 Å². The molecule has 0 bridgehead atoms. The summed E-state index contributed by atoms with van der Waals surface area (Å²) in [6, 6.07) is 0. The van der Waals surface area contributed by atoms with Crippen molar-refractivity contribution in [2.75, 3.05) is 0 Å². The van der Waals surface area contributed by atoms with Crippen molar-refractivity contribution in [1.82, 2.24) is 0 Å². The molecule has 0 aromatic carbocycles. The molecule has 12 N–H and O–H groups in total. The smallest absolute Gasteiger partial charge is 0.319 e. The summed E-state index contributed by atoms with van der Waals surface area (Å²) in [7, 11) is 0. The maximum absolute atomic E-state index is 7.56. The fourth-order valence-corrected chi connectivity index (χ4v) is 0. The molecule has 0 atom stereocenters. The average molecular weight is 500 g/mol. The van der Waals surface area contributed by atoms with E-state index in [1.807, 2.05) is 0 Å². The van der Waals surface area contributed by atoms with Crippen molar-refractivity contribution >= 4 is 74.1 Å². The SMILES string of the molecule is CCC.OP(O)(O)=S.OP(O)(O)=S.OP(O)(O)=S.OP(O)(O)=S. The molecular weight excluding hydrogens is 480 g/mol. The van der Waals surface area contributed by atoms with E-state index in [2.05, 4.69) is 61.1 Å². The molecule has 0 heterocycles. The largest absolute Gasteiger partial charge is 0.325 e. The second kappa shape index (κ2) is 17.5. The highest BCUT2D eigenvalue weighted by Crippen LogP contribution is 2.27. The van der Waals surface area contributed by atoms with E-state index in [-0.39, 0.29) is 0 Å². The molecule has 0 amide bonds. The summed E-state index contributed by atoms with van der Waals surface area (Å²) in [6.07, 6.45) is 1.25. The van der Waals surface area contributed by atoms with E-state index in [1.54, 1.807) is 0 Å². The van der Waals surface area contributed by atoms with Gasteiger partial charge in [-0.3, -0.25) is 0 Å². The molecule has 12 nitrogen and oxygen atoms in total. The van der Waals surface area contributed by atoms with Gasteiger partial charge in [0.15, 0.2) is 0 Å². The molecule has 0 unspecified atom stereocenters. The Morgan fingerprint density at radius 1 is 0.435 bits per heavy atom. The van der Waals surface area contributed by atoms with E-state index >= 15 is 0 Å². The van der Waals surface area contributed by atoms with Crippen LogP contribution in [0.3, 0.4) is 0 Å². The maximum atomic E-state index is 7.56. The van der Waals surface area contributed by atoms with Crippen LogP contribution in [-0.2, 0) is 47.2 Å². The lowest BCUT2D eigenvalue weighted by molar-refractivity contribution is 0.361. The highest BCUT2D eigenvalue weighted by molar-refractivity contribution is 8.07. The summed E-state index contributed by atoms with van der Waals surface area (Å²) in [6.45, 7) is -11.0. The predicted molar refractivity (Wildman–Crippen MR) is 99.7 cm³/mol. The van der Waals surface area contributed by atoms with Gasteiger partial charge in [-0.25, -0.2) is 0 Å². The summed E-state index contributed by atoms with van der Waals surface area (Å²) < 4.78 is 0. The third-order valence-electron chi connectivity index (χ3n) is 0. The highest BCUT2D eigenvalue weighted by atomic mass is 32.5. The van der Waals surface area contributed by atoms with Crippen molar-refractivity contribution in [1.29, 1.82) is 0 Å². The van der Waals surface area contributed by atoms with Gasteiger partial charge >= 0.3 is 26.9 Å². The second-order valence-electron chi connectivity index (χ2n) is 2.76. The molecule has 0 aliphatic heterocycles. The first-order chi connectivity index (χ1) is 9.41. The molecule has 0 saturated heterocycles. The summed E-state index contributed by atoms with van der Waals surface area (Å²) in [5, 5.41) is 0. The topological polar surface area (TPSA) is 243 Å². The van der Waals surface area contributed by atoms with Crippen LogP contribution in [0.5, 0.6) is 0 Å². The predicted octanol–water partition coefficient (Wildman–Crippen LogP) is -1.83. The minimum absolute atomic E-state index is 1.25. The Morgan fingerprint density at radius 2 is 0.435 bits per heavy atom. The molecule has 0 aliphatic carbocycles. The first-order valence-corrected chi connectivity index (χ1v) is 15.2. The Kier molecular flexibility index (Phi) is 27.5. The lowest BCUT2D eigenvalue weighted by Crippen LogP contribution is -1.65. The zero-order valence-corrected chi connectivity index (χ0v) is 18.3. The summed E-state index contributed by atoms with van der Waals surface area (Å²) in [4.78, 5) is 90.7. The molecule has 0 aromatic heterocycles. The highest BCUT2D eigenvalue weighted by Gasteiger charge is 1.93. The van der Waals surface area contributed by atoms with E-state index in [9.17, 15) is 0 Å². The zero-order valence-electron chi connectivity index (χ0n) is 11.5. The van der Waals surface area contributed by atoms with Gasteiger partial charge in [0.05, 0.1) is 0 Å². The fourth-order valence-electron chi connectivity index (χ4n) is 0. The van der Waals surface area contributed by atoms with Gasteiger partial charge in [-0.05, 0) is 47.2 Å². The molecule has 20 heteroatoms. The van der Waals surface area contributed by atoms with Crippen LogP contribution in [0.25, 0.3) is 0 Å². The molecule has 0 spiro atoms. The van der Waals surface area contributed by atoms with Gasteiger partial charge < -0.3 is 58.7 Å². The Labute approximate surface area is 153 Å². The minimum atomic E-state index is -3.81. The van der Waals surface area contributed by atoms with Gasteiger partial charge in [-0.15, -0.1) is 0 Å². The Balaban J connectivity index is -0.0000000593. The molecule has 23 heavy (non-hydrogen) atoms. The lowest BCUT2D eigenvalue weighted by atomic mass is 10.6. The van der Waals surface area contributed by atoms with Gasteiger partial charge in [-0.1, -0.05) is 20.3 Å². The number of hydrogen-bond acceptors (Lipinski definition) is 4. The van der Waals surface area contributed by atoms with Crippen LogP contribution in [0.4, 0.5) is 0 Å². The van der Waals surface area contributed by atoms with Crippen LogP contribution in [-0.4, -0.2) is 58.7 Å². The van der Waals surface area contributed by atoms with Crippen molar-refractivity contribution in [3.8, 4) is 0 Å². The molecule has 0 aliphatic rings. The summed E-state index contributed by atoms with van der Waals surface area (Å²) in [5.74, 6) is 0. The van der Waals surface area contributed by atoms with Gasteiger partial charge in [0.1, 0.15) is 0 Å². The van der Waals surface area contributed by atoms with Crippen molar-refractivity contribution < 1.29 is 58.7 Å². The summed E-state index contributed by atoms with van der Waals surface area (Å²) in [5.41, 5.74) is 0. The first kappa shape index (κ1) is 36.1. The van der Waals surface area contributed by atoms with E-state index in [0.717, 1.165) is 0 Å². The van der Waals surface area contributed by atoms with Crippen molar-refractivity contribution in [3.05, 3.63) is 0 Å². The van der Waals surface area contributed by atoms with Crippen LogP contribution in [0.2, 0.25) is 0 Å². The van der Waals surface area contributed by atoms with Crippen molar-refractivity contribution in [2.24, 2.45) is 0 Å². The van der Waals surface area contributed by atoms with E-state index in [0.29, 0.717) is 0 Å². The quantitative estimate of drug-likeness (QED) is 0.164. The Bertz CT molecular complexity index is 319. The fraction of sp³-hybridized carbons (Fsp3) is 1.00. The van der Waals surface area contributed by atoms with Crippen LogP contribution in [0.1, 0.15) is 20.3 Å². The van der Waals surface area contributed by atoms with Gasteiger partial charge in [0, 0.05) is 0 Å². The zero-order chi connectivity index (χ0) is 20.7. The molecule has 0 radical (unpaired) electrons. The van der Waals surface area contributed by atoms with Crippen LogP contribution >= 0.6 is 26.9 Å². The molecule has 0 rings (SSSR count). The van der Waals surface area contributed by atoms with Crippen molar-refractivity contribution in [2.45, 2.75) is 20.3 Å². The first-order valence-electron chi connectivity index (χ1n) is 4.54. The number of rotatable bonds is 0. The van der Waals surface area contributed by atoms with Crippen LogP contribution in [0, 0.1) is 0 Å². The molecule has 148 valence electrons. The van der Waals surface area contributed by atoms with E-state index in [1.165, 1.54) is 6.42 Å². The van der Waals surface area contributed by atoms with E-state index < -0.39 is 26.9 Å². The van der Waals surface area contributed by atoms with Crippen molar-refractivity contribution in [3.63, 3.8) is 0 Å². The average Bonchev–Trinajstić information content (AvgIpc) is 1.87. The third kappa shape index (κ3) is 2630. The molecule has 0 aromatic rings. The van der Waals surface area contributed by atoms with Crippen LogP contribution in [0.15, 0.2) is 0 Å².